The molecular weight excluding hydrogens is 370 g/mol. The van der Waals surface area contributed by atoms with Gasteiger partial charge < -0.3 is 19.2 Å². The lowest BCUT2D eigenvalue weighted by Gasteiger charge is -2.18. The zero-order valence-electron chi connectivity index (χ0n) is 16.2. The molecule has 148 valence electrons. The standard InChI is InChI=1S/C22H21N3O4/c1-15(26)24-20(16-6-8-18(28-2)9-7-16)11-22(27)29-14-17-13-25-10-4-3-5-21(25)19(17)12-23/h3-10,13,20H,11,14H2,1-2H3,(H,24,26)/t20-/m0/s1. The van der Waals surface area contributed by atoms with Crippen molar-refractivity contribution in [2.75, 3.05) is 7.11 Å². The molecule has 1 atom stereocenters. The SMILES string of the molecule is COc1ccc([C@H](CC(=O)OCc2cn3ccccc3c2C#N)NC(C)=O)cc1. The van der Waals surface area contributed by atoms with E-state index in [1.54, 1.807) is 37.6 Å². The van der Waals surface area contributed by atoms with E-state index in [9.17, 15) is 14.9 Å². The molecule has 0 saturated heterocycles. The van der Waals surface area contributed by atoms with Crippen molar-refractivity contribution < 1.29 is 19.1 Å². The Morgan fingerprint density at radius 2 is 1.97 bits per heavy atom. The first kappa shape index (κ1) is 20.0. The summed E-state index contributed by atoms with van der Waals surface area (Å²) in [5.41, 5.74) is 2.64. The molecular formula is C22H21N3O4. The molecule has 0 aliphatic rings. The van der Waals surface area contributed by atoms with Gasteiger partial charge in [0.25, 0.3) is 0 Å². The van der Waals surface area contributed by atoms with Crippen LogP contribution in [0.4, 0.5) is 0 Å². The van der Waals surface area contributed by atoms with Crippen LogP contribution >= 0.6 is 0 Å². The maximum Gasteiger partial charge on any atom is 0.308 e. The van der Waals surface area contributed by atoms with Crippen LogP contribution in [0.1, 0.15) is 36.1 Å². The van der Waals surface area contributed by atoms with Gasteiger partial charge in [0.05, 0.1) is 30.7 Å². The average Bonchev–Trinajstić information content (AvgIpc) is 3.09. The summed E-state index contributed by atoms with van der Waals surface area (Å²) < 4.78 is 12.4. The molecule has 0 unspecified atom stereocenters. The van der Waals surface area contributed by atoms with Crippen molar-refractivity contribution in [1.29, 1.82) is 5.26 Å². The number of amides is 1. The van der Waals surface area contributed by atoms with Crippen molar-refractivity contribution in [3.05, 3.63) is 71.5 Å². The molecule has 0 fully saturated rings. The maximum absolute atomic E-state index is 12.4. The monoisotopic (exact) mass is 391 g/mol. The average molecular weight is 391 g/mol. The number of hydrogen-bond acceptors (Lipinski definition) is 5. The third-order valence-corrected chi connectivity index (χ3v) is 4.53. The highest BCUT2D eigenvalue weighted by Crippen LogP contribution is 2.22. The van der Waals surface area contributed by atoms with Gasteiger partial charge >= 0.3 is 5.97 Å². The molecule has 7 nitrogen and oxygen atoms in total. The molecule has 0 bridgehead atoms. The second-order valence-corrected chi connectivity index (χ2v) is 6.53. The molecule has 3 aromatic rings. The summed E-state index contributed by atoms with van der Waals surface area (Å²) in [6.07, 6.45) is 3.58. The van der Waals surface area contributed by atoms with Gasteiger partial charge in [-0.3, -0.25) is 9.59 Å². The highest BCUT2D eigenvalue weighted by Gasteiger charge is 2.19. The first-order chi connectivity index (χ1) is 14.0. The molecule has 0 spiro atoms. The van der Waals surface area contributed by atoms with E-state index in [1.807, 2.05) is 28.8 Å². The number of methoxy groups -OCH3 is 1. The zero-order valence-corrected chi connectivity index (χ0v) is 16.2. The number of hydrogen-bond donors (Lipinski definition) is 1. The Labute approximate surface area is 168 Å². The van der Waals surface area contributed by atoms with Crippen molar-refractivity contribution in [1.82, 2.24) is 9.72 Å². The number of carbonyl (C=O) groups is 2. The number of nitriles is 1. The summed E-state index contributed by atoms with van der Waals surface area (Å²) in [5, 5.41) is 12.2. The van der Waals surface area contributed by atoms with Crippen LogP contribution in [0.2, 0.25) is 0 Å². The topological polar surface area (TPSA) is 92.8 Å². The van der Waals surface area contributed by atoms with Gasteiger partial charge in [0.2, 0.25) is 5.91 Å². The van der Waals surface area contributed by atoms with E-state index in [0.717, 1.165) is 11.1 Å². The number of pyridine rings is 1. The fourth-order valence-electron chi connectivity index (χ4n) is 3.13. The van der Waals surface area contributed by atoms with Crippen molar-refractivity contribution in [3.8, 4) is 11.8 Å². The van der Waals surface area contributed by atoms with Crippen LogP contribution < -0.4 is 10.1 Å². The van der Waals surface area contributed by atoms with Crippen LogP contribution in [-0.4, -0.2) is 23.4 Å². The number of rotatable bonds is 7. The molecule has 2 heterocycles. The lowest BCUT2D eigenvalue weighted by Crippen LogP contribution is -2.28. The van der Waals surface area contributed by atoms with Crippen molar-refractivity contribution in [2.24, 2.45) is 0 Å². The number of ether oxygens (including phenoxy) is 2. The second-order valence-electron chi connectivity index (χ2n) is 6.53. The summed E-state index contributed by atoms with van der Waals surface area (Å²) in [6.45, 7) is 1.38. The van der Waals surface area contributed by atoms with E-state index in [4.69, 9.17) is 9.47 Å². The van der Waals surface area contributed by atoms with Gasteiger partial charge in [0.1, 0.15) is 18.4 Å². The Bertz CT molecular complexity index is 1060. The largest absolute Gasteiger partial charge is 0.497 e. The molecule has 0 saturated carbocycles. The van der Waals surface area contributed by atoms with E-state index in [1.165, 1.54) is 6.92 Å². The quantitative estimate of drug-likeness (QED) is 0.625. The molecule has 1 aromatic carbocycles. The minimum absolute atomic E-state index is 0.0151. The normalized spacial score (nSPS) is 11.5. The van der Waals surface area contributed by atoms with Crippen LogP contribution in [0.25, 0.3) is 5.52 Å². The number of aromatic nitrogens is 1. The van der Waals surface area contributed by atoms with Crippen molar-refractivity contribution >= 4 is 17.4 Å². The van der Waals surface area contributed by atoms with Gasteiger partial charge in [-0.25, -0.2) is 0 Å². The van der Waals surface area contributed by atoms with Gasteiger partial charge in [0.15, 0.2) is 0 Å². The highest BCUT2D eigenvalue weighted by atomic mass is 16.5. The van der Waals surface area contributed by atoms with E-state index in [-0.39, 0.29) is 18.9 Å². The Balaban J connectivity index is 1.70. The lowest BCUT2D eigenvalue weighted by molar-refractivity contribution is -0.145. The van der Waals surface area contributed by atoms with E-state index >= 15 is 0 Å². The second kappa shape index (κ2) is 8.93. The minimum Gasteiger partial charge on any atom is -0.497 e. The van der Waals surface area contributed by atoms with Gasteiger partial charge in [-0.15, -0.1) is 0 Å². The predicted octanol–water partition coefficient (Wildman–Crippen LogP) is 3.13. The van der Waals surface area contributed by atoms with E-state index in [2.05, 4.69) is 11.4 Å². The van der Waals surface area contributed by atoms with Crippen LogP contribution in [0.15, 0.2) is 54.9 Å². The predicted molar refractivity (Wildman–Crippen MR) is 106 cm³/mol. The molecule has 2 aromatic heterocycles. The molecule has 0 aliphatic carbocycles. The molecule has 0 radical (unpaired) electrons. The Morgan fingerprint density at radius 1 is 1.21 bits per heavy atom. The first-order valence-corrected chi connectivity index (χ1v) is 9.07. The van der Waals surface area contributed by atoms with E-state index in [0.29, 0.717) is 16.9 Å². The molecule has 29 heavy (non-hydrogen) atoms. The number of nitrogens with one attached hydrogen (secondary N) is 1. The van der Waals surface area contributed by atoms with Gasteiger partial charge in [0, 0.05) is 24.9 Å². The zero-order chi connectivity index (χ0) is 20.8. The number of nitrogens with zero attached hydrogens (tertiary/aromatic N) is 2. The number of esters is 1. The Morgan fingerprint density at radius 3 is 2.62 bits per heavy atom. The molecule has 3 rings (SSSR count). The van der Waals surface area contributed by atoms with Crippen LogP contribution in [0.3, 0.4) is 0 Å². The maximum atomic E-state index is 12.4. The van der Waals surface area contributed by atoms with Crippen LogP contribution in [0, 0.1) is 11.3 Å². The van der Waals surface area contributed by atoms with Crippen LogP contribution in [0.5, 0.6) is 5.75 Å². The summed E-state index contributed by atoms with van der Waals surface area (Å²) in [7, 11) is 1.57. The molecule has 7 heteroatoms. The minimum atomic E-state index is -0.519. The lowest BCUT2D eigenvalue weighted by atomic mass is 10.0. The first-order valence-electron chi connectivity index (χ1n) is 9.07. The third kappa shape index (κ3) is 4.74. The smallest absolute Gasteiger partial charge is 0.308 e. The van der Waals surface area contributed by atoms with E-state index < -0.39 is 12.0 Å². The summed E-state index contributed by atoms with van der Waals surface area (Å²) in [6, 6.07) is 14.3. The fraction of sp³-hybridized carbons (Fsp3) is 0.227. The summed E-state index contributed by atoms with van der Waals surface area (Å²) in [5.74, 6) is -0.0366. The van der Waals surface area contributed by atoms with Crippen molar-refractivity contribution in [3.63, 3.8) is 0 Å². The Hall–Kier alpha value is -3.79. The van der Waals surface area contributed by atoms with Gasteiger partial charge in [-0.05, 0) is 29.8 Å². The number of benzene rings is 1. The number of fused-ring (bicyclic) bond motifs is 1. The summed E-state index contributed by atoms with van der Waals surface area (Å²) >= 11 is 0. The molecule has 0 aliphatic heterocycles. The Kier molecular flexibility index (Phi) is 6.15. The third-order valence-electron chi connectivity index (χ3n) is 4.53. The van der Waals surface area contributed by atoms with Crippen LogP contribution in [-0.2, 0) is 20.9 Å². The van der Waals surface area contributed by atoms with Gasteiger partial charge in [-0.1, -0.05) is 18.2 Å². The highest BCUT2D eigenvalue weighted by molar-refractivity contribution is 5.76. The fourth-order valence-corrected chi connectivity index (χ4v) is 3.13. The molecule has 1 amide bonds. The summed E-state index contributed by atoms with van der Waals surface area (Å²) in [4.78, 5) is 24.0. The number of carbonyl (C=O) groups excluding carboxylic acids is 2. The van der Waals surface area contributed by atoms with Crippen molar-refractivity contribution in [2.45, 2.75) is 26.0 Å². The van der Waals surface area contributed by atoms with Gasteiger partial charge in [-0.2, -0.15) is 5.26 Å². The molecule has 1 N–H and O–H groups in total.